The van der Waals surface area contributed by atoms with Crippen LogP contribution in [0.4, 0.5) is 10.9 Å². The molecule has 0 amide bonds. The Morgan fingerprint density at radius 2 is 2.26 bits per heavy atom. The Morgan fingerprint density at radius 1 is 1.37 bits per heavy atom. The van der Waals surface area contributed by atoms with Gasteiger partial charge >= 0.3 is 0 Å². The zero-order valence-corrected chi connectivity index (χ0v) is 11.9. The van der Waals surface area contributed by atoms with Gasteiger partial charge in [-0.1, -0.05) is 0 Å². The number of hydrogen-bond acceptors (Lipinski definition) is 6. The van der Waals surface area contributed by atoms with Crippen LogP contribution in [0.15, 0.2) is 12.3 Å². The maximum atomic E-state index is 4.60. The second kappa shape index (κ2) is 5.22. The number of anilines is 2. The standard InChI is InChI=1S/C13H17N5S/c1-8-6-11(18-13-15-7-9(2)19-13)17-12(16-8)10-4-3-5-14-10/h6-7,10,14H,3-5H2,1-2H3,(H,15,16,17,18)/t10-/m0/s1. The van der Waals surface area contributed by atoms with Crippen LogP contribution in [0, 0.1) is 13.8 Å². The Kier molecular flexibility index (Phi) is 3.44. The van der Waals surface area contributed by atoms with E-state index in [0.717, 1.165) is 35.4 Å². The highest BCUT2D eigenvalue weighted by Crippen LogP contribution is 2.24. The third-order valence-corrected chi connectivity index (χ3v) is 3.93. The van der Waals surface area contributed by atoms with Crippen LogP contribution < -0.4 is 10.6 Å². The van der Waals surface area contributed by atoms with Gasteiger partial charge in [0.05, 0.1) is 6.04 Å². The minimum absolute atomic E-state index is 0.290. The summed E-state index contributed by atoms with van der Waals surface area (Å²) >= 11 is 1.63. The van der Waals surface area contributed by atoms with Crippen LogP contribution in [0.5, 0.6) is 0 Å². The Morgan fingerprint density at radius 3 is 2.95 bits per heavy atom. The van der Waals surface area contributed by atoms with Crippen molar-refractivity contribution in [3.05, 3.63) is 28.7 Å². The predicted molar refractivity (Wildman–Crippen MR) is 76.9 cm³/mol. The van der Waals surface area contributed by atoms with E-state index in [0.29, 0.717) is 6.04 Å². The lowest BCUT2D eigenvalue weighted by molar-refractivity contribution is 0.603. The Hall–Kier alpha value is -1.53. The molecule has 3 heterocycles. The van der Waals surface area contributed by atoms with E-state index in [9.17, 15) is 0 Å². The van der Waals surface area contributed by atoms with Crippen molar-refractivity contribution in [1.29, 1.82) is 0 Å². The summed E-state index contributed by atoms with van der Waals surface area (Å²) in [6, 6.07) is 2.24. The summed E-state index contributed by atoms with van der Waals surface area (Å²) in [5, 5.41) is 7.56. The van der Waals surface area contributed by atoms with Crippen molar-refractivity contribution in [3.8, 4) is 0 Å². The fraction of sp³-hybridized carbons (Fsp3) is 0.462. The van der Waals surface area contributed by atoms with Crippen molar-refractivity contribution in [2.75, 3.05) is 11.9 Å². The Balaban J connectivity index is 1.84. The number of hydrogen-bond donors (Lipinski definition) is 2. The summed E-state index contributed by atoms with van der Waals surface area (Å²) in [6.45, 7) is 5.09. The Bertz CT molecular complexity index is 574. The van der Waals surface area contributed by atoms with Crippen LogP contribution in [0.1, 0.15) is 35.3 Å². The van der Waals surface area contributed by atoms with Crippen molar-refractivity contribution in [1.82, 2.24) is 20.3 Å². The van der Waals surface area contributed by atoms with Gasteiger partial charge in [-0.15, -0.1) is 11.3 Å². The molecule has 100 valence electrons. The zero-order chi connectivity index (χ0) is 13.2. The number of aromatic nitrogens is 3. The normalized spacial score (nSPS) is 18.7. The average Bonchev–Trinajstić information content (AvgIpc) is 3.00. The molecule has 3 rings (SSSR count). The molecule has 5 nitrogen and oxygen atoms in total. The van der Waals surface area contributed by atoms with E-state index < -0.39 is 0 Å². The number of nitrogens with zero attached hydrogens (tertiary/aromatic N) is 3. The molecular formula is C13H17N5S. The highest BCUT2D eigenvalue weighted by atomic mass is 32.1. The summed E-state index contributed by atoms with van der Waals surface area (Å²) in [7, 11) is 0. The highest BCUT2D eigenvalue weighted by Gasteiger charge is 2.19. The van der Waals surface area contributed by atoms with Gasteiger partial charge < -0.3 is 10.6 Å². The first kappa shape index (κ1) is 12.5. The maximum Gasteiger partial charge on any atom is 0.188 e. The van der Waals surface area contributed by atoms with E-state index in [4.69, 9.17) is 0 Å². The number of aryl methyl sites for hydroxylation is 2. The van der Waals surface area contributed by atoms with E-state index in [-0.39, 0.29) is 0 Å². The number of rotatable bonds is 3. The smallest absolute Gasteiger partial charge is 0.188 e. The van der Waals surface area contributed by atoms with Gasteiger partial charge in [-0.25, -0.2) is 15.0 Å². The molecule has 1 saturated heterocycles. The molecule has 1 aliphatic heterocycles. The van der Waals surface area contributed by atoms with Crippen molar-refractivity contribution in [3.63, 3.8) is 0 Å². The molecule has 0 aliphatic carbocycles. The van der Waals surface area contributed by atoms with Crippen LogP contribution in [-0.4, -0.2) is 21.5 Å². The van der Waals surface area contributed by atoms with Crippen LogP contribution in [0.25, 0.3) is 0 Å². The van der Waals surface area contributed by atoms with E-state index in [1.165, 1.54) is 11.3 Å². The largest absolute Gasteiger partial charge is 0.316 e. The van der Waals surface area contributed by atoms with Gasteiger partial charge in [0.1, 0.15) is 11.6 Å². The lowest BCUT2D eigenvalue weighted by atomic mass is 10.2. The molecule has 0 aromatic carbocycles. The van der Waals surface area contributed by atoms with Gasteiger partial charge in [-0.2, -0.15) is 0 Å². The lowest BCUT2D eigenvalue weighted by Crippen LogP contribution is -2.16. The van der Waals surface area contributed by atoms with E-state index in [1.807, 2.05) is 26.1 Å². The molecule has 2 aromatic rings. The van der Waals surface area contributed by atoms with Gasteiger partial charge in [0, 0.05) is 22.8 Å². The first-order valence-corrected chi connectivity index (χ1v) is 7.31. The fourth-order valence-electron chi connectivity index (χ4n) is 2.24. The van der Waals surface area contributed by atoms with Gasteiger partial charge in [0.15, 0.2) is 5.13 Å². The molecule has 6 heteroatoms. The molecule has 0 radical (unpaired) electrons. The quantitative estimate of drug-likeness (QED) is 0.901. The third-order valence-electron chi connectivity index (χ3n) is 3.10. The van der Waals surface area contributed by atoms with E-state index in [1.54, 1.807) is 11.3 Å². The SMILES string of the molecule is Cc1cc(Nc2ncc(C)s2)nc([C@@H]2CCCN2)n1. The molecule has 1 atom stereocenters. The van der Waals surface area contributed by atoms with E-state index >= 15 is 0 Å². The van der Waals surface area contributed by atoms with Gasteiger partial charge in [-0.05, 0) is 33.2 Å². The maximum absolute atomic E-state index is 4.60. The molecular weight excluding hydrogens is 258 g/mol. The monoisotopic (exact) mass is 275 g/mol. The van der Waals surface area contributed by atoms with Crippen molar-refractivity contribution in [2.24, 2.45) is 0 Å². The van der Waals surface area contributed by atoms with Gasteiger partial charge in [0.2, 0.25) is 0 Å². The molecule has 19 heavy (non-hydrogen) atoms. The molecule has 0 spiro atoms. The highest BCUT2D eigenvalue weighted by molar-refractivity contribution is 7.15. The molecule has 1 fully saturated rings. The summed E-state index contributed by atoms with van der Waals surface area (Å²) in [5.74, 6) is 1.71. The van der Waals surface area contributed by atoms with E-state index in [2.05, 4.69) is 25.6 Å². The second-order valence-corrected chi connectivity index (χ2v) is 6.04. The van der Waals surface area contributed by atoms with Gasteiger partial charge in [0.25, 0.3) is 0 Å². The summed E-state index contributed by atoms with van der Waals surface area (Å²) in [5.41, 5.74) is 0.981. The van der Waals surface area contributed by atoms with Crippen molar-refractivity contribution < 1.29 is 0 Å². The first-order valence-electron chi connectivity index (χ1n) is 6.49. The van der Waals surface area contributed by atoms with Gasteiger partial charge in [-0.3, -0.25) is 0 Å². The Labute approximate surface area is 116 Å². The lowest BCUT2D eigenvalue weighted by Gasteiger charge is -2.11. The average molecular weight is 275 g/mol. The number of nitrogens with one attached hydrogen (secondary N) is 2. The van der Waals surface area contributed by atoms with Crippen LogP contribution >= 0.6 is 11.3 Å². The molecule has 2 N–H and O–H groups in total. The molecule has 0 unspecified atom stereocenters. The first-order chi connectivity index (χ1) is 9.20. The third kappa shape index (κ3) is 2.90. The second-order valence-electron chi connectivity index (χ2n) is 4.80. The van der Waals surface area contributed by atoms with Crippen LogP contribution in [-0.2, 0) is 0 Å². The van der Waals surface area contributed by atoms with Crippen LogP contribution in [0.2, 0.25) is 0 Å². The summed E-state index contributed by atoms with van der Waals surface area (Å²) in [4.78, 5) is 14.6. The molecule has 2 aromatic heterocycles. The minimum Gasteiger partial charge on any atom is -0.316 e. The summed E-state index contributed by atoms with van der Waals surface area (Å²) < 4.78 is 0. The van der Waals surface area contributed by atoms with Crippen molar-refractivity contribution in [2.45, 2.75) is 32.7 Å². The molecule has 0 saturated carbocycles. The summed E-state index contributed by atoms with van der Waals surface area (Å²) in [6.07, 6.45) is 4.16. The minimum atomic E-state index is 0.290. The molecule has 1 aliphatic rings. The van der Waals surface area contributed by atoms with Crippen molar-refractivity contribution >= 4 is 22.3 Å². The topological polar surface area (TPSA) is 62.7 Å². The molecule has 0 bridgehead atoms. The zero-order valence-electron chi connectivity index (χ0n) is 11.1. The fourth-order valence-corrected chi connectivity index (χ4v) is 2.91. The number of thiazole rings is 1. The van der Waals surface area contributed by atoms with Crippen LogP contribution in [0.3, 0.4) is 0 Å². The predicted octanol–water partition coefficient (Wildman–Crippen LogP) is 2.72.